The van der Waals surface area contributed by atoms with Gasteiger partial charge in [-0.2, -0.15) is 5.26 Å². The molecule has 20 heavy (non-hydrogen) atoms. The van der Waals surface area contributed by atoms with Crippen LogP contribution in [0.2, 0.25) is 0 Å². The minimum Gasteiger partial charge on any atom is -0.493 e. The first-order valence-electron chi connectivity index (χ1n) is 6.71. The van der Waals surface area contributed by atoms with Crippen molar-refractivity contribution in [1.29, 1.82) is 5.26 Å². The van der Waals surface area contributed by atoms with Gasteiger partial charge in [0.2, 0.25) is 0 Å². The fraction of sp³-hybridized carbons (Fsp3) is 0.467. The fourth-order valence-corrected chi connectivity index (χ4v) is 2.03. The Hall–Kier alpha value is -2.22. The number of benzene rings is 1. The number of rotatable bonds is 3. The summed E-state index contributed by atoms with van der Waals surface area (Å²) < 4.78 is 5.60. The molecule has 0 aliphatic carbocycles. The van der Waals surface area contributed by atoms with Crippen LogP contribution in [0.15, 0.2) is 29.3 Å². The zero-order valence-electron chi connectivity index (χ0n) is 11.9. The fourth-order valence-electron chi connectivity index (χ4n) is 2.03. The normalized spacial score (nSPS) is 18.6. The number of ether oxygens (including phenoxy) is 1. The lowest BCUT2D eigenvalue weighted by Gasteiger charge is -2.27. The lowest BCUT2D eigenvalue weighted by Crippen LogP contribution is -2.38. The first kappa shape index (κ1) is 14.2. The topological polar surface area (TPSA) is 83.4 Å². The minimum absolute atomic E-state index is 0.105. The number of para-hydroxylation sites is 1. The molecule has 3 N–H and O–H groups in total. The number of hydrogen-bond acceptors (Lipinski definition) is 3. The summed E-state index contributed by atoms with van der Waals surface area (Å²) in [6, 6.07) is 10.2. The van der Waals surface area contributed by atoms with Gasteiger partial charge < -0.3 is 15.8 Å². The molecule has 0 spiro atoms. The predicted octanol–water partition coefficient (Wildman–Crippen LogP) is 1.96. The molecule has 0 radical (unpaired) electrons. The highest BCUT2D eigenvalue weighted by Gasteiger charge is 2.21. The standard InChI is InChI=1S/C15H20N4O/c1-15(2,9-16)10-18-14(17)19-12-7-8-20-13-6-4-3-5-11(12)13/h3-6,12H,7-8,10H2,1-2H3,(H3,17,18,19). The van der Waals surface area contributed by atoms with Crippen LogP contribution in [0, 0.1) is 16.7 Å². The molecule has 5 nitrogen and oxygen atoms in total. The highest BCUT2D eigenvalue weighted by Crippen LogP contribution is 2.31. The molecule has 5 heteroatoms. The summed E-state index contributed by atoms with van der Waals surface area (Å²) in [4.78, 5) is 4.25. The molecule has 0 saturated heterocycles. The van der Waals surface area contributed by atoms with Crippen LogP contribution < -0.4 is 15.8 Å². The highest BCUT2D eigenvalue weighted by molar-refractivity contribution is 5.78. The second-order valence-electron chi connectivity index (χ2n) is 5.57. The summed E-state index contributed by atoms with van der Waals surface area (Å²) >= 11 is 0. The van der Waals surface area contributed by atoms with Crippen LogP contribution >= 0.6 is 0 Å². The van der Waals surface area contributed by atoms with Gasteiger partial charge in [-0.05, 0) is 19.9 Å². The highest BCUT2D eigenvalue weighted by atomic mass is 16.5. The van der Waals surface area contributed by atoms with Crippen molar-refractivity contribution in [3.05, 3.63) is 29.8 Å². The maximum atomic E-state index is 8.96. The summed E-state index contributed by atoms with van der Waals surface area (Å²) in [5, 5.41) is 12.2. The van der Waals surface area contributed by atoms with Crippen molar-refractivity contribution in [3.8, 4) is 11.8 Å². The second-order valence-corrected chi connectivity index (χ2v) is 5.57. The van der Waals surface area contributed by atoms with Crippen LogP contribution in [0.5, 0.6) is 5.75 Å². The number of guanidine groups is 1. The smallest absolute Gasteiger partial charge is 0.189 e. The Morgan fingerprint density at radius 3 is 3.05 bits per heavy atom. The lowest BCUT2D eigenvalue weighted by atomic mass is 9.96. The molecular formula is C15H20N4O. The third-order valence-electron chi connectivity index (χ3n) is 3.23. The summed E-state index contributed by atoms with van der Waals surface area (Å²) in [7, 11) is 0. The van der Waals surface area contributed by atoms with E-state index in [2.05, 4.69) is 16.4 Å². The van der Waals surface area contributed by atoms with Gasteiger partial charge in [0, 0.05) is 12.0 Å². The van der Waals surface area contributed by atoms with Crippen molar-refractivity contribution < 1.29 is 4.74 Å². The molecule has 1 aromatic carbocycles. The van der Waals surface area contributed by atoms with Crippen molar-refractivity contribution in [2.45, 2.75) is 26.3 Å². The van der Waals surface area contributed by atoms with E-state index in [9.17, 15) is 0 Å². The van der Waals surface area contributed by atoms with E-state index in [-0.39, 0.29) is 6.04 Å². The molecule has 2 rings (SSSR count). The zero-order chi connectivity index (χ0) is 14.6. The Labute approximate surface area is 119 Å². The average molecular weight is 272 g/mol. The molecule has 0 fully saturated rings. The monoisotopic (exact) mass is 272 g/mol. The van der Waals surface area contributed by atoms with E-state index in [1.807, 2.05) is 38.1 Å². The lowest BCUT2D eigenvalue weighted by molar-refractivity contribution is 0.262. The van der Waals surface area contributed by atoms with Crippen LogP contribution in [0.4, 0.5) is 0 Å². The maximum absolute atomic E-state index is 8.96. The molecule has 106 valence electrons. The van der Waals surface area contributed by atoms with Gasteiger partial charge in [0.15, 0.2) is 5.96 Å². The van der Waals surface area contributed by atoms with Crippen molar-refractivity contribution in [1.82, 2.24) is 5.32 Å². The number of aliphatic imine (C=N–C) groups is 1. The molecule has 0 amide bonds. The molecule has 0 saturated carbocycles. The Kier molecular flexibility index (Phi) is 4.14. The molecular weight excluding hydrogens is 252 g/mol. The molecule has 1 aliphatic heterocycles. The van der Waals surface area contributed by atoms with Gasteiger partial charge in [-0.25, -0.2) is 0 Å². The van der Waals surface area contributed by atoms with E-state index in [0.717, 1.165) is 17.7 Å². The Bertz CT molecular complexity index is 545. The molecule has 1 unspecified atom stereocenters. The van der Waals surface area contributed by atoms with Crippen LogP contribution in [0.1, 0.15) is 31.9 Å². The van der Waals surface area contributed by atoms with Crippen LogP contribution in [0.3, 0.4) is 0 Å². The van der Waals surface area contributed by atoms with Gasteiger partial charge in [0.1, 0.15) is 5.75 Å². The predicted molar refractivity (Wildman–Crippen MR) is 78.3 cm³/mol. The summed E-state index contributed by atoms with van der Waals surface area (Å²) in [5.74, 6) is 1.26. The Balaban J connectivity index is 2.05. The SMILES string of the molecule is CC(C)(C#N)CN=C(N)NC1CCOc2ccccc21. The Morgan fingerprint density at radius 1 is 1.55 bits per heavy atom. The van der Waals surface area contributed by atoms with Crippen LogP contribution in [-0.4, -0.2) is 19.1 Å². The third kappa shape index (κ3) is 3.41. The zero-order valence-corrected chi connectivity index (χ0v) is 11.9. The number of nitriles is 1. The molecule has 0 aromatic heterocycles. The van der Waals surface area contributed by atoms with E-state index < -0.39 is 5.41 Å². The van der Waals surface area contributed by atoms with Crippen molar-refractivity contribution in [3.63, 3.8) is 0 Å². The third-order valence-corrected chi connectivity index (χ3v) is 3.23. The molecule has 1 aliphatic rings. The summed E-state index contributed by atoms with van der Waals surface area (Å²) in [5.41, 5.74) is 6.51. The molecule has 1 aromatic rings. The van der Waals surface area contributed by atoms with Gasteiger partial charge in [0.25, 0.3) is 0 Å². The number of nitrogens with two attached hydrogens (primary N) is 1. The largest absolute Gasteiger partial charge is 0.493 e. The quantitative estimate of drug-likeness (QED) is 0.651. The van der Waals surface area contributed by atoms with Crippen molar-refractivity contribution >= 4 is 5.96 Å². The van der Waals surface area contributed by atoms with E-state index in [4.69, 9.17) is 15.7 Å². The van der Waals surface area contributed by atoms with Crippen molar-refractivity contribution in [2.24, 2.45) is 16.1 Å². The van der Waals surface area contributed by atoms with E-state index in [1.165, 1.54) is 0 Å². The van der Waals surface area contributed by atoms with Gasteiger partial charge in [-0.1, -0.05) is 18.2 Å². The molecule has 0 bridgehead atoms. The van der Waals surface area contributed by atoms with E-state index in [1.54, 1.807) is 0 Å². The second kappa shape index (κ2) is 5.83. The number of hydrogen-bond donors (Lipinski definition) is 2. The minimum atomic E-state index is -0.500. The summed E-state index contributed by atoms with van der Waals surface area (Å²) in [6.07, 6.45) is 0.842. The maximum Gasteiger partial charge on any atom is 0.189 e. The number of nitrogens with zero attached hydrogens (tertiary/aromatic N) is 2. The van der Waals surface area contributed by atoms with Gasteiger partial charge in [-0.3, -0.25) is 4.99 Å². The van der Waals surface area contributed by atoms with E-state index in [0.29, 0.717) is 19.1 Å². The number of nitrogens with one attached hydrogen (secondary N) is 1. The van der Waals surface area contributed by atoms with Gasteiger partial charge in [0.05, 0.1) is 30.7 Å². The summed E-state index contributed by atoms with van der Waals surface area (Å²) in [6.45, 7) is 4.72. The van der Waals surface area contributed by atoms with Crippen molar-refractivity contribution in [2.75, 3.05) is 13.2 Å². The van der Waals surface area contributed by atoms with Crippen LogP contribution in [0.25, 0.3) is 0 Å². The Morgan fingerprint density at radius 2 is 2.30 bits per heavy atom. The van der Waals surface area contributed by atoms with Gasteiger partial charge in [-0.15, -0.1) is 0 Å². The number of fused-ring (bicyclic) bond motifs is 1. The molecule has 1 heterocycles. The first-order chi connectivity index (χ1) is 9.52. The van der Waals surface area contributed by atoms with E-state index >= 15 is 0 Å². The van der Waals surface area contributed by atoms with Gasteiger partial charge >= 0.3 is 0 Å². The first-order valence-corrected chi connectivity index (χ1v) is 6.71. The molecule has 1 atom stereocenters. The van der Waals surface area contributed by atoms with Crippen LogP contribution in [-0.2, 0) is 0 Å². The average Bonchev–Trinajstić information content (AvgIpc) is 2.46.